The lowest BCUT2D eigenvalue weighted by Gasteiger charge is -2.02. The quantitative estimate of drug-likeness (QED) is 0.738. The number of rotatable bonds is 1. The third kappa shape index (κ3) is 1.88. The van der Waals surface area contributed by atoms with Gasteiger partial charge in [0.2, 0.25) is 0 Å². The number of hydrogen-bond donors (Lipinski definition) is 1. The van der Waals surface area contributed by atoms with E-state index in [1.165, 1.54) is 6.07 Å². The summed E-state index contributed by atoms with van der Waals surface area (Å²) in [6.45, 7) is 0. The molecule has 19 heavy (non-hydrogen) atoms. The van der Waals surface area contributed by atoms with Gasteiger partial charge in [-0.3, -0.25) is 4.40 Å². The molecular weight excluding hydrogens is 264 g/mol. The molecule has 0 spiro atoms. The van der Waals surface area contributed by atoms with Gasteiger partial charge in [-0.25, -0.2) is 0 Å². The lowest BCUT2D eigenvalue weighted by molar-refractivity contribution is 0.475. The van der Waals surface area contributed by atoms with Crippen molar-refractivity contribution in [2.45, 2.75) is 0 Å². The Morgan fingerprint density at radius 3 is 2.79 bits per heavy atom. The normalized spacial score (nSPS) is 10.5. The van der Waals surface area contributed by atoms with Gasteiger partial charge in [0.05, 0.1) is 16.7 Å². The number of nitrogens with zero attached hydrogens (tertiary/aromatic N) is 4. The standard InChI is InChI=1S/C13H7ClN4O/c14-10-6-9(1-2-11(10)19)13-17-16-12-5-8(7-15)3-4-18(12)13/h1-6,19H. The molecule has 0 aliphatic heterocycles. The first-order chi connectivity index (χ1) is 9.19. The van der Waals surface area contributed by atoms with Crippen LogP contribution in [0.5, 0.6) is 5.75 Å². The molecule has 0 fully saturated rings. The smallest absolute Gasteiger partial charge is 0.168 e. The van der Waals surface area contributed by atoms with Gasteiger partial charge in [-0.2, -0.15) is 5.26 Å². The van der Waals surface area contributed by atoms with Crippen LogP contribution in [0.15, 0.2) is 36.5 Å². The fourth-order valence-electron chi connectivity index (χ4n) is 1.80. The van der Waals surface area contributed by atoms with E-state index in [2.05, 4.69) is 10.2 Å². The first kappa shape index (κ1) is 11.5. The van der Waals surface area contributed by atoms with Crippen LogP contribution in [0.25, 0.3) is 17.0 Å². The van der Waals surface area contributed by atoms with Crippen LogP contribution in [0.2, 0.25) is 5.02 Å². The Morgan fingerprint density at radius 2 is 2.05 bits per heavy atom. The van der Waals surface area contributed by atoms with Crippen molar-refractivity contribution in [1.82, 2.24) is 14.6 Å². The number of benzene rings is 1. The second-order valence-corrected chi connectivity index (χ2v) is 4.35. The highest BCUT2D eigenvalue weighted by atomic mass is 35.5. The molecular formula is C13H7ClN4O. The Hall–Kier alpha value is -2.58. The molecule has 0 radical (unpaired) electrons. The molecule has 1 aromatic carbocycles. The summed E-state index contributed by atoms with van der Waals surface area (Å²) in [4.78, 5) is 0. The minimum absolute atomic E-state index is 0.0194. The topological polar surface area (TPSA) is 74.2 Å². The van der Waals surface area contributed by atoms with Gasteiger partial charge in [0, 0.05) is 17.8 Å². The highest BCUT2D eigenvalue weighted by molar-refractivity contribution is 6.32. The minimum atomic E-state index is 0.0194. The second-order valence-electron chi connectivity index (χ2n) is 3.95. The number of hydrogen-bond acceptors (Lipinski definition) is 4. The Bertz CT molecular complexity index is 819. The van der Waals surface area contributed by atoms with E-state index < -0.39 is 0 Å². The van der Waals surface area contributed by atoms with Crippen molar-refractivity contribution in [3.05, 3.63) is 47.1 Å². The lowest BCUT2D eigenvalue weighted by Crippen LogP contribution is -1.90. The maximum atomic E-state index is 9.41. The van der Waals surface area contributed by atoms with Crippen molar-refractivity contribution >= 4 is 17.2 Å². The third-order valence-electron chi connectivity index (χ3n) is 2.74. The van der Waals surface area contributed by atoms with Gasteiger partial charge in [-0.1, -0.05) is 11.6 Å². The van der Waals surface area contributed by atoms with E-state index in [9.17, 15) is 5.11 Å². The van der Waals surface area contributed by atoms with Gasteiger partial charge in [-0.05, 0) is 24.3 Å². The number of phenolic OH excluding ortho intramolecular Hbond substituents is 1. The summed E-state index contributed by atoms with van der Waals surface area (Å²) in [5.74, 6) is 0.618. The SMILES string of the molecule is N#Cc1ccn2c(-c3ccc(O)c(Cl)c3)nnc2c1. The summed E-state index contributed by atoms with van der Waals surface area (Å²) in [7, 11) is 0. The average Bonchev–Trinajstić information content (AvgIpc) is 2.84. The van der Waals surface area contributed by atoms with Crippen molar-refractivity contribution in [3.8, 4) is 23.2 Å². The fourth-order valence-corrected chi connectivity index (χ4v) is 1.98. The van der Waals surface area contributed by atoms with Crippen molar-refractivity contribution in [1.29, 1.82) is 5.26 Å². The summed E-state index contributed by atoms with van der Waals surface area (Å²) in [5.41, 5.74) is 1.84. The van der Waals surface area contributed by atoms with Crippen LogP contribution < -0.4 is 0 Å². The molecule has 1 N–H and O–H groups in total. The minimum Gasteiger partial charge on any atom is -0.506 e. The molecule has 92 valence electrons. The number of nitriles is 1. The lowest BCUT2D eigenvalue weighted by atomic mass is 10.2. The van der Waals surface area contributed by atoms with Gasteiger partial charge in [0.1, 0.15) is 5.75 Å². The Balaban J connectivity index is 2.20. The molecule has 0 saturated heterocycles. The van der Waals surface area contributed by atoms with E-state index in [4.69, 9.17) is 16.9 Å². The first-order valence-electron chi connectivity index (χ1n) is 5.43. The summed E-state index contributed by atoms with van der Waals surface area (Å²) in [6, 6.07) is 10.2. The van der Waals surface area contributed by atoms with Gasteiger partial charge < -0.3 is 5.11 Å². The Labute approximate surface area is 113 Å². The summed E-state index contributed by atoms with van der Waals surface area (Å²) >= 11 is 5.88. The molecule has 3 aromatic rings. The summed E-state index contributed by atoms with van der Waals surface area (Å²) in [5, 5.41) is 26.6. The average molecular weight is 271 g/mol. The van der Waals surface area contributed by atoms with Crippen LogP contribution >= 0.6 is 11.6 Å². The zero-order chi connectivity index (χ0) is 13.4. The molecule has 2 aromatic heterocycles. The number of phenols is 1. The maximum Gasteiger partial charge on any atom is 0.168 e. The molecule has 0 atom stereocenters. The van der Waals surface area contributed by atoms with E-state index in [1.54, 1.807) is 34.9 Å². The largest absolute Gasteiger partial charge is 0.506 e. The number of halogens is 1. The van der Waals surface area contributed by atoms with Crippen molar-refractivity contribution in [2.24, 2.45) is 0 Å². The Morgan fingerprint density at radius 1 is 1.21 bits per heavy atom. The van der Waals surface area contributed by atoms with Gasteiger partial charge in [-0.15, -0.1) is 10.2 Å². The van der Waals surface area contributed by atoms with Gasteiger partial charge >= 0.3 is 0 Å². The zero-order valence-corrected chi connectivity index (χ0v) is 10.3. The van der Waals surface area contributed by atoms with Crippen LogP contribution in [0.4, 0.5) is 0 Å². The molecule has 0 aliphatic carbocycles. The zero-order valence-electron chi connectivity index (χ0n) is 9.58. The van der Waals surface area contributed by atoms with E-state index in [1.807, 2.05) is 6.07 Å². The second kappa shape index (κ2) is 4.26. The van der Waals surface area contributed by atoms with E-state index in [0.29, 0.717) is 17.0 Å². The number of aromatic nitrogens is 3. The molecule has 6 heteroatoms. The third-order valence-corrected chi connectivity index (χ3v) is 3.05. The molecule has 5 nitrogen and oxygen atoms in total. The highest BCUT2D eigenvalue weighted by Crippen LogP contribution is 2.28. The molecule has 2 heterocycles. The van der Waals surface area contributed by atoms with Crippen LogP contribution in [0, 0.1) is 11.3 Å². The fraction of sp³-hybridized carbons (Fsp3) is 0. The molecule has 0 bridgehead atoms. The van der Waals surface area contributed by atoms with E-state index in [-0.39, 0.29) is 10.8 Å². The Kier molecular flexibility index (Phi) is 2.58. The van der Waals surface area contributed by atoms with Gasteiger partial charge in [0.25, 0.3) is 0 Å². The molecule has 3 rings (SSSR count). The predicted molar refractivity (Wildman–Crippen MR) is 69.8 cm³/mol. The van der Waals surface area contributed by atoms with Crippen molar-refractivity contribution < 1.29 is 5.11 Å². The predicted octanol–water partition coefficient (Wildman–Crippen LogP) is 2.63. The monoisotopic (exact) mass is 270 g/mol. The van der Waals surface area contributed by atoms with Gasteiger partial charge in [0.15, 0.2) is 11.5 Å². The summed E-state index contributed by atoms with van der Waals surface area (Å²) in [6.07, 6.45) is 1.73. The van der Waals surface area contributed by atoms with Crippen molar-refractivity contribution in [2.75, 3.05) is 0 Å². The molecule has 0 unspecified atom stereocenters. The van der Waals surface area contributed by atoms with E-state index in [0.717, 1.165) is 5.56 Å². The molecule has 0 amide bonds. The first-order valence-corrected chi connectivity index (χ1v) is 5.80. The summed E-state index contributed by atoms with van der Waals surface area (Å²) < 4.78 is 1.75. The van der Waals surface area contributed by atoms with Crippen LogP contribution in [-0.4, -0.2) is 19.7 Å². The van der Waals surface area contributed by atoms with Crippen LogP contribution in [0.1, 0.15) is 5.56 Å². The molecule has 0 saturated carbocycles. The van der Waals surface area contributed by atoms with Crippen LogP contribution in [0.3, 0.4) is 0 Å². The number of aromatic hydroxyl groups is 1. The van der Waals surface area contributed by atoms with Crippen LogP contribution in [-0.2, 0) is 0 Å². The highest BCUT2D eigenvalue weighted by Gasteiger charge is 2.10. The number of fused-ring (bicyclic) bond motifs is 1. The van der Waals surface area contributed by atoms with Crippen molar-refractivity contribution in [3.63, 3.8) is 0 Å². The number of pyridine rings is 1. The maximum absolute atomic E-state index is 9.41. The van der Waals surface area contributed by atoms with E-state index >= 15 is 0 Å². The molecule has 0 aliphatic rings.